The molecule has 1 aromatic heterocycles. The van der Waals surface area contributed by atoms with E-state index in [2.05, 4.69) is 242 Å². The Morgan fingerprint density at radius 3 is 1.95 bits per heavy atom. The maximum atomic E-state index is 2.49. The van der Waals surface area contributed by atoms with Gasteiger partial charge in [0.15, 0.2) is 0 Å². The monoisotopic (exact) mass is 830 g/mol. The van der Waals surface area contributed by atoms with Crippen molar-refractivity contribution in [3.63, 3.8) is 0 Å². The molecule has 0 radical (unpaired) electrons. The molecule has 10 aromatic carbocycles. The third-order valence-corrected chi connectivity index (χ3v) is 14.4. The van der Waals surface area contributed by atoms with Crippen molar-refractivity contribution in [1.82, 2.24) is 4.57 Å². The smallest absolute Gasteiger partial charge is 0.0625 e. The Labute approximate surface area is 380 Å². The van der Waals surface area contributed by atoms with Crippen molar-refractivity contribution in [3.8, 4) is 39.1 Å². The summed E-state index contributed by atoms with van der Waals surface area (Å²) in [6.07, 6.45) is 6.82. The van der Waals surface area contributed by atoms with Crippen molar-refractivity contribution in [2.24, 2.45) is 0 Å². The van der Waals surface area contributed by atoms with Crippen molar-refractivity contribution in [3.05, 3.63) is 235 Å². The van der Waals surface area contributed by atoms with E-state index in [-0.39, 0.29) is 5.41 Å². The van der Waals surface area contributed by atoms with E-state index in [1.165, 1.54) is 99.0 Å². The zero-order valence-electron chi connectivity index (χ0n) is 36.6. The Bertz CT molecular complexity index is 3720. The summed E-state index contributed by atoms with van der Waals surface area (Å²) in [5.74, 6) is 0. The second-order valence-electron chi connectivity index (χ2n) is 18.4. The van der Waals surface area contributed by atoms with E-state index in [0.717, 1.165) is 35.6 Å². The predicted molar refractivity (Wildman–Crippen MR) is 276 cm³/mol. The molecule has 0 spiro atoms. The molecule has 0 amide bonds. The summed E-state index contributed by atoms with van der Waals surface area (Å²) in [6.45, 7) is 4.72. The standard InChI is InChI=1S/C63H46N2/c1-63(2)58-28-16-15-27-53(58)54-35-34-48(40-59(54)63)64(45-19-5-3-6-20-45)47-32-29-41(30-33-47)56-38-43-18-10-12-24-50(43)62-61(56)57-39-44(31-36-60(57)65(62)46-21-7-4-8-22-46)55-37-42-17-9-11-23-49(42)51-25-13-14-26-52(51)55/h3-10,12-22,24-40H,11,23H2,1-2H3. The fourth-order valence-electron chi connectivity index (χ4n) is 11.3. The van der Waals surface area contributed by atoms with Gasteiger partial charge < -0.3 is 9.47 Å². The van der Waals surface area contributed by atoms with Gasteiger partial charge >= 0.3 is 0 Å². The summed E-state index contributed by atoms with van der Waals surface area (Å²) in [4.78, 5) is 2.41. The number of allylic oxidation sites excluding steroid dienone is 1. The van der Waals surface area contributed by atoms with Crippen LogP contribution in [0.2, 0.25) is 0 Å². The lowest BCUT2D eigenvalue weighted by atomic mass is 9.82. The maximum Gasteiger partial charge on any atom is 0.0625 e. The Balaban J connectivity index is 1.03. The lowest BCUT2D eigenvalue weighted by molar-refractivity contribution is 0.660. The Morgan fingerprint density at radius 1 is 0.462 bits per heavy atom. The molecular weight excluding hydrogens is 785 g/mol. The summed E-state index contributed by atoms with van der Waals surface area (Å²) in [7, 11) is 0. The van der Waals surface area contributed by atoms with Crippen LogP contribution in [0.3, 0.4) is 0 Å². The molecule has 0 N–H and O–H groups in total. The highest BCUT2D eigenvalue weighted by Crippen LogP contribution is 2.51. The molecule has 2 aliphatic rings. The van der Waals surface area contributed by atoms with E-state index < -0.39 is 0 Å². The number of benzene rings is 10. The van der Waals surface area contributed by atoms with Crippen LogP contribution >= 0.6 is 0 Å². The van der Waals surface area contributed by atoms with Crippen LogP contribution in [-0.2, 0) is 11.8 Å². The topological polar surface area (TPSA) is 8.17 Å². The molecule has 0 bridgehead atoms. The number of hydrogen-bond acceptors (Lipinski definition) is 1. The number of aromatic nitrogens is 1. The van der Waals surface area contributed by atoms with Crippen LogP contribution < -0.4 is 4.90 Å². The van der Waals surface area contributed by atoms with Gasteiger partial charge in [0.2, 0.25) is 0 Å². The molecular formula is C63H46N2. The molecule has 0 saturated heterocycles. The number of anilines is 3. The maximum absolute atomic E-state index is 2.49. The van der Waals surface area contributed by atoms with Gasteiger partial charge in [-0.05, 0) is 157 Å². The van der Waals surface area contributed by atoms with Gasteiger partial charge in [-0.2, -0.15) is 0 Å². The average Bonchev–Trinajstić information content (AvgIpc) is 3.83. The van der Waals surface area contributed by atoms with Crippen molar-refractivity contribution in [2.45, 2.75) is 32.1 Å². The van der Waals surface area contributed by atoms with Gasteiger partial charge in [0.25, 0.3) is 0 Å². The first-order valence-corrected chi connectivity index (χ1v) is 23.0. The van der Waals surface area contributed by atoms with Gasteiger partial charge in [-0.1, -0.05) is 159 Å². The molecule has 2 aliphatic carbocycles. The number of rotatable bonds is 6. The van der Waals surface area contributed by atoms with E-state index >= 15 is 0 Å². The van der Waals surface area contributed by atoms with Crippen LogP contribution in [-0.4, -0.2) is 4.57 Å². The van der Waals surface area contributed by atoms with Crippen LogP contribution in [0.15, 0.2) is 212 Å². The summed E-state index contributed by atoms with van der Waals surface area (Å²) in [5, 5.41) is 7.65. The molecule has 1 heterocycles. The Morgan fingerprint density at radius 2 is 1.12 bits per heavy atom. The minimum Gasteiger partial charge on any atom is -0.310 e. The van der Waals surface area contributed by atoms with E-state index in [0.29, 0.717) is 0 Å². The molecule has 0 saturated carbocycles. The summed E-state index contributed by atoms with van der Waals surface area (Å²) < 4.78 is 2.49. The van der Waals surface area contributed by atoms with Crippen molar-refractivity contribution < 1.29 is 0 Å². The van der Waals surface area contributed by atoms with Gasteiger partial charge in [-0.25, -0.2) is 0 Å². The SMILES string of the molecule is CC1(C)c2ccccc2-c2ccc(N(c3ccccc3)c3ccc(-c4cc5ccccc5c5c4c4cc(-c6cc7c(c8ccccc68)CCC=C7)ccc4n5-c4ccccc4)cc3)cc21. The van der Waals surface area contributed by atoms with Crippen molar-refractivity contribution in [2.75, 3.05) is 4.90 Å². The van der Waals surface area contributed by atoms with Crippen LogP contribution in [0.5, 0.6) is 0 Å². The number of aryl methyl sites for hydroxylation is 1. The molecule has 13 rings (SSSR count). The minimum atomic E-state index is -0.0988. The third-order valence-electron chi connectivity index (χ3n) is 14.4. The van der Waals surface area contributed by atoms with Crippen LogP contribution in [0.25, 0.3) is 88.5 Å². The number of nitrogens with zero attached hydrogens (tertiary/aromatic N) is 2. The van der Waals surface area contributed by atoms with E-state index in [1.807, 2.05) is 0 Å². The highest BCUT2D eigenvalue weighted by Gasteiger charge is 2.36. The number of hydrogen-bond donors (Lipinski definition) is 0. The van der Waals surface area contributed by atoms with Gasteiger partial charge in [-0.3, -0.25) is 0 Å². The average molecular weight is 831 g/mol. The normalized spacial score (nSPS) is 13.6. The highest BCUT2D eigenvalue weighted by atomic mass is 15.1. The first-order chi connectivity index (χ1) is 32.0. The summed E-state index contributed by atoms with van der Waals surface area (Å²) >= 11 is 0. The Hall–Kier alpha value is -7.94. The number of para-hydroxylation sites is 2. The van der Waals surface area contributed by atoms with Gasteiger partial charge in [0.1, 0.15) is 0 Å². The van der Waals surface area contributed by atoms with Crippen LogP contribution in [0, 0.1) is 0 Å². The van der Waals surface area contributed by atoms with E-state index in [9.17, 15) is 0 Å². The second kappa shape index (κ2) is 14.6. The lowest BCUT2D eigenvalue weighted by Gasteiger charge is -2.28. The van der Waals surface area contributed by atoms with Gasteiger partial charge in [0.05, 0.1) is 11.0 Å². The second-order valence-corrected chi connectivity index (χ2v) is 18.4. The highest BCUT2D eigenvalue weighted by molar-refractivity contribution is 6.25. The third kappa shape index (κ3) is 5.80. The van der Waals surface area contributed by atoms with Gasteiger partial charge in [0, 0.05) is 44.3 Å². The predicted octanol–water partition coefficient (Wildman–Crippen LogP) is 17.2. The largest absolute Gasteiger partial charge is 0.310 e. The summed E-state index contributed by atoms with van der Waals surface area (Å²) in [5.41, 5.74) is 20.0. The molecule has 65 heavy (non-hydrogen) atoms. The molecule has 308 valence electrons. The zero-order chi connectivity index (χ0) is 43.2. The first-order valence-electron chi connectivity index (χ1n) is 23.0. The zero-order valence-corrected chi connectivity index (χ0v) is 36.6. The van der Waals surface area contributed by atoms with Crippen LogP contribution in [0.4, 0.5) is 17.1 Å². The lowest BCUT2D eigenvalue weighted by Crippen LogP contribution is -2.16. The van der Waals surface area contributed by atoms with Crippen molar-refractivity contribution in [1.29, 1.82) is 0 Å². The van der Waals surface area contributed by atoms with E-state index in [4.69, 9.17) is 0 Å². The van der Waals surface area contributed by atoms with Crippen molar-refractivity contribution >= 4 is 66.5 Å². The molecule has 2 nitrogen and oxygen atoms in total. The molecule has 0 unspecified atom stereocenters. The van der Waals surface area contributed by atoms with Gasteiger partial charge in [-0.15, -0.1) is 0 Å². The van der Waals surface area contributed by atoms with Crippen LogP contribution in [0.1, 0.15) is 42.5 Å². The van der Waals surface area contributed by atoms with E-state index in [1.54, 1.807) is 0 Å². The Kier molecular flexibility index (Phi) is 8.42. The first kappa shape index (κ1) is 37.6. The molecule has 0 aliphatic heterocycles. The molecule has 0 atom stereocenters. The molecule has 0 fully saturated rings. The number of fused-ring (bicyclic) bond motifs is 11. The molecule has 11 aromatic rings. The fourth-order valence-corrected chi connectivity index (χ4v) is 11.3. The fraction of sp³-hybridized carbons (Fsp3) is 0.0794. The minimum absolute atomic E-state index is 0.0988. The summed E-state index contributed by atoms with van der Waals surface area (Å²) in [6, 6.07) is 76.8. The molecule has 2 heteroatoms. The quantitative estimate of drug-likeness (QED) is 0.162.